The summed E-state index contributed by atoms with van der Waals surface area (Å²) >= 11 is 0. The van der Waals surface area contributed by atoms with Crippen LogP contribution in [0.15, 0.2) is 36.4 Å². The molecule has 0 unspecified atom stereocenters. The second-order valence-electron chi connectivity index (χ2n) is 5.79. The highest BCUT2D eigenvalue weighted by molar-refractivity contribution is 5.91. The number of aryl methyl sites for hydroxylation is 3. The van der Waals surface area contributed by atoms with Crippen LogP contribution < -0.4 is 10.6 Å². The van der Waals surface area contributed by atoms with Crippen molar-refractivity contribution in [2.75, 3.05) is 17.2 Å². The highest BCUT2D eigenvalue weighted by Gasteiger charge is 2.06. The lowest BCUT2D eigenvalue weighted by atomic mass is 10.1. The lowest BCUT2D eigenvalue weighted by Gasteiger charge is -2.12. The number of carbonyl (C=O) groups is 1. The number of benzene rings is 2. The second-order valence-corrected chi connectivity index (χ2v) is 5.79. The van der Waals surface area contributed by atoms with Gasteiger partial charge in [0.2, 0.25) is 5.91 Å². The number of carbonyl (C=O) groups excluding carboxylic acids is 1. The van der Waals surface area contributed by atoms with Crippen LogP contribution in [0.1, 0.15) is 28.7 Å². The van der Waals surface area contributed by atoms with E-state index in [0.717, 1.165) is 22.5 Å². The first-order valence-electron chi connectivity index (χ1n) is 7.64. The number of rotatable bonds is 5. The van der Waals surface area contributed by atoms with Gasteiger partial charge in [-0.25, -0.2) is 0 Å². The van der Waals surface area contributed by atoms with Crippen LogP contribution in [0.2, 0.25) is 0 Å². The average Bonchev–Trinajstić information content (AvgIpc) is 2.47. The van der Waals surface area contributed by atoms with Gasteiger partial charge in [0, 0.05) is 24.3 Å². The average molecular weight is 296 g/mol. The molecule has 0 aliphatic carbocycles. The van der Waals surface area contributed by atoms with Crippen molar-refractivity contribution in [3.63, 3.8) is 0 Å². The van der Waals surface area contributed by atoms with E-state index < -0.39 is 0 Å². The van der Waals surface area contributed by atoms with E-state index in [1.165, 1.54) is 11.1 Å². The summed E-state index contributed by atoms with van der Waals surface area (Å²) in [4.78, 5) is 12.1. The Morgan fingerprint density at radius 3 is 2.50 bits per heavy atom. The summed E-state index contributed by atoms with van der Waals surface area (Å²) in [5, 5.41) is 6.32. The second kappa shape index (κ2) is 7.12. The highest BCUT2D eigenvalue weighted by Crippen LogP contribution is 2.18. The molecule has 0 fully saturated rings. The summed E-state index contributed by atoms with van der Waals surface area (Å²) in [5.41, 5.74) is 6.72. The maximum Gasteiger partial charge on any atom is 0.226 e. The third kappa shape index (κ3) is 4.10. The maximum atomic E-state index is 12.1. The molecule has 3 heteroatoms. The lowest BCUT2D eigenvalue weighted by Crippen LogP contribution is -2.17. The zero-order chi connectivity index (χ0) is 16.1. The third-order valence-corrected chi connectivity index (χ3v) is 3.94. The van der Waals surface area contributed by atoms with Gasteiger partial charge in [-0.2, -0.15) is 0 Å². The standard InChI is InChI=1S/C19H24N2O/c1-13-8-9-15(3)18(12-13)21-19(22)10-11-20-17-7-5-6-14(2)16(17)4/h5-9,12,20H,10-11H2,1-4H3,(H,21,22). The summed E-state index contributed by atoms with van der Waals surface area (Å²) in [6.45, 7) is 8.84. The molecule has 0 atom stereocenters. The smallest absolute Gasteiger partial charge is 0.226 e. The molecule has 0 radical (unpaired) electrons. The molecule has 0 aliphatic heterocycles. The van der Waals surface area contributed by atoms with Gasteiger partial charge in [0.1, 0.15) is 0 Å². The molecule has 116 valence electrons. The molecule has 0 spiro atoms. The fourth-order valence-corrected chi connectivity index (χ4v) is 2.34. The Balaban J connectivity index is 1.88. The molecule has 22 heavy (non-hydrogen) atoms. The van der Waals surface area contributed by atoms with E-state index in [0.29, 0.717) is 13.0 Å². The fourth-order valence-electron chi connectivity index (χ4n) is 2.34. The van der Waals surface area contributed by atoms with Crippen molar-refractivity contribution >= 4 is 17.3 Å². The molecular formula is C19H24N2O. The lowest BCUT2D eigenvalue weighted by molar-refractivity contribution is -0.115. The number of anilines is 2. The van der Waals surface area contributed by atoms with Gasteiger partial charge < -0.3 is 10.6 Å². The normalized spacial score (nSPS) is 10.4. The van der Waals surface area contributed by atoms with E-state index >= 15 is 0 Å². The Hall–Kier alpha value is -2.29. The zero-order valence-electron chi connectivity index (χ0n) is 13.8. The topological polar surface area (TPSA) is 41.1 Å². The highest BCUT2D eigenvalue weighted by atomic mass is 16.1. The predicted octanol–water partition coefficient (Wildman–Crippen LogP) is 4.36. The third-order valence-electron chi connectivity index (χ3n) is 3.94. The van der Waals surface area contributed by atoms with Gasteiger partial charge in [-0.15, -0.1) is 0 Å². The van der Waals surface area contributed by atoms with Crippen molar-refractivity contribution < 1.29 is 4.79 Å². The SMILES string of the molecule is Cc1ccc(C)c(NC(=O)CCNc2cccc(C)c2C)c1. The summed E-state index contributed by atoms with van der Waals surface area (Å²) in [5.74, 6) is 0.0338. The van der Waals surface area contributed by atoms with Crippen molar-refractivity contribution in [2.24, 2.45) is 0 Å². The first-order chi connectivity index (χ1) is 10.5. The summed E-state index contributed by atoms with van der Waals surface area (Å²) in [6, 6.07) is 12.2. The van der Waals surface area contributed by atoms with Crippen molar-refractivity contribution in [3.8, 4) is 0 Å². The van der Waals surface area contributed by atoms with E-state index in [2.05, 4.69) is 30.5 Å². The molecule has 2 N–H and O–H groups in total. The quantitative estimate of drug-likeness (QED) is 0.860. The minimum Gasteiger partial charge on any atom is -0.384 e. The van der Waals surface area contributed by atoms with Crippen LogP contribution in [0.5, 0.6) is 0 Å². The molecule has 0 aromatic heterocycles. The van der Waals surface area contributed by atoms with Crippen LogP contribution in [0.25, 0.3) is 0 Å². The Morgan fingerprint density at radius 2 is 1.73 bits per heavy atom. The monoisotopic (exact) mass is 296 g/mol. The Labute approximate surface area is 132 Å². The van der Waals surface area contributed by atoms with Crippen molar-refractivity contribution in [2.45, 2.75) is 34.1 Å². The van der Waals surface area contributed by atoms with E-state index in [-0.39, 0.29) is 5.91 Å². The molecule has 2 aromatic carbocycles. The van der Waals surface area contributed by atoms with Crippen molar-refractivity contribution in [3.05, 3.63) is 58.7 Å². The van der Waals surface area contributed by atoms with Crippen LogP contribution in [0, 0.1) is 27.7 Å². The molecule has 2 aromatic rings. The summed E-state index contributed by atoms with van der Waals surface area (Å²) in [6.07, 6.45) is 0.445. The molecule has 0 saturated heterocycles. The van der Waals surface area contributed by atoms with E-state index in [4.69, 9.17) is 0 Å². The van der Waals surface area contributed by atoms with E-state index in [1.54, 1.807) is 0 Å². The van der Waals surface area contributed by atoms with Gasteiger partial charge in [-0.05, 0) is 62.1 Å². The van der Waals surface area contributed by atoms with Crippen LogP contribution in [0.3, 0.4) is 0 Å². The Morgan fingerprint density at radius 1 is 0.955 bits per heavy atom. The minimum atomic E-state index is 0.0338. The molecule has 0 saturated carbocycles. The maximum absolute atomic E-state index is 12.1. The van der Waals surface area contributed by atoms with Crippen molar-refractivity contribution in [1.82, 2.24) is 0 Å². The number of hydrogen-bond donors (Lipinski definition) is 2. The van der Waals surface area contributed by atoms with Gasteiger partial charge in [0.15, 0.2) is 0 Å². The molecule has 0 bridgehead atoms. The van der Waals surface area contributed by atoms with Crippen LogP contribution in [0.4, 0.5) is 11.4 Å². The summed E-state index contributed by atoms with van der Waals surface area (Å²) < 4.78 is 0. The Kier molecular flexibility index (Phi) is 5.21. The largest absolute Gasteiger partial charge is 0.384 e. The molecule has 1 amide bonds. The zero-order valence-corrected chi connectivity index (χ0v) is 13.8. The number of amides is 1. The number of nitrogens with one attached hydrogen (secondary N) is 2. The van der Waals surface area contributed by atoms with Crippen LogP contribution in [-0.4, -0.2) is 12.5 Å². The molecule has 0 heterocycles. The molecule has 2 rings (SSSR count). The van der Waals surface area contributed by atoms with Crippen LogP contribution >= 0.6 is 0 Å². The van der Waals surface area contributed by atoms with Gasteiger partial charge in [0.05, 0.1) is 0 Å². The summed E-state index contributed by atoms with van der Waals surface area (Å²) in [7, 11) is 0. The molecule has 0 aliphatic rings. The predicted molar refractivity (Wildman–Crippen MR) is 93.6 cm³/mol. The van der Waals surface area contributed by atoms with Gasteiger partial charge in [0.25, 0.3) is 0 Å². The van der Waals surface area contributed by atoms with Gasteiger partial charge >= 0.3 is 0 Å². The van der Waals surface area contributed by atoms with E-state index in [1.807, 2.05) is 44.2 Å². The first kappa shape index (κ1) is 16.1. The molecule has 3 nitrogen and oxygen atoms in total. The van der Waals surface area contributed by atoms with Crippen LogP contribution in [-0.2, 0) is 4.79 Å². The molecular weight excluding hydrogens is 272 g/mol. The minimum absolute atomic E-state index is 0.0338. The fraction of sp³-hybridized carbons (Fsp3) is 0.316. The van der Waals surface area contributed by atoms with Crippen molar-refractivity contribution in [1.29, 1.82) is 0 Å². The Bertz CT molecular complexity index is 677. The van der Waals surface area contributed by atoms with Gasteiger partial charge in [-0.1, -0.05) is 24.3 Å². The van der Waals surface area contributed by atoms with Gasteiger partial charge in [-0.3, -0.25) is 4.79 Å². The van der Waals surface area contributed by atoms with E-state index in [9.17, 15) is 4.79 Å². The number of hydrogen-bond acceptors (Lipinski definition) is 2. The first-order valence-corrected chi connectivity index (χ1v) is 7.64.